The van der Waals surface area contributed by atoms with Gasteiger partial charge in [-0.05, 0) is 96.1 Å². The molecule has 14 nitrogen and oxygen atoms in total. The highest BCUT2D eigenvalue weighted by atomic mass is 32.2. The summed E-state index contributed by atoms with van der Waals surface area (Å²) in [5.74, 6) is 0.948. The van der Waals surface area contributed by atoms with Gasteiger partial charge in [-0.15, -0.1) is 0 Å². The van der Waals surface area contributed by atoms with Crippen LogP contribution in [0.25, 0.3) is 5.69 Å². The number of nitrogens with two attached hydrogens (primary N) is 1. The Morgan fingerprint density at radius 3 is 2.55 bits per heavy atom. The van der Waals surface area contributed by atoms with Crippen LogP contribution in [0.15, 0.2) is 76.7 Å². The molecule has 0 radical (unpaired) electrons. The SMILES string of the molecule is NC(=O)c1ccc(-n2nnn(CCCC3CCC3)c2=O)cc1.O=S(=O)(O)c1ccc2c(c1)CCC(CNCC(O)c1cccnc1)O2. The zero-order valence-electron chi connectivity index (χ0n) is 25.8. The van der Waals surface area contributed by atoms with Crippen LogP contribution in [0.5, 0.6) is 5.75 Å². The molecule has 1 saturated carbocycles. The minimum absolute atomic E-state index is 0.0646. The predicted octanol–water partition coefficient (Wildman–Crippen LogP) is 2.45. The molecule has 0 saturated heterocycles. The van der Waals surface area contributed by atoms with Crippen molar-refractivity contribution in [2.24, 2.45) is 11.7 Å². The van der Waals surface area contributed by atoms with Crippen LogP contribution in [0, 0.1) is 5.92 Å². The number of rotatable bonds is 12. The van der Waals surface area contributed by atoms with Crippen LogP contribution >= 0.6 is 0 Å². The number of aromatic nitrogens is 5. The van der Waals surface area contributed by atoms with Gasteiger partial charge in [0.05, 0.1) is 16.7 Å². The number of nitrogens with one attached hydrogen (secondary N) is 1. The van der Waals surface area contributed by atoms with Crippen molar-refractivity contribution in [3.63, 3.8) is 0 Å². The molecule has 250 valence electrons. The number of hydrogen-bond donors (Lipinski definition) is 4. The molecule has 2 aromatic carbocycles. The van der Waals surface area contributed by atoms with E-state index in [1.807, 2.05) is 6.07 Å². The number of aliphatic hydroxyl groups excluding tert-OH is 1. The van der Waals surface area contributed by atoms with Crippen molar-refractivity contribution >= 4 is 16.0 Å². The molecule has 3 heterocycles. The zero-order chi connectivity index (χ0) is 33.4. The maximum atomic E-state index is 12.3. The number of primary amides is 1. The first-order valence-electron chi connectivity index (χ1n) is 15.6. The van der Waals surface area contributed by atoms with E-state index in [4.69, 9.17) is 15.0 Å². The Balaban J connectivity index is 0.000000186. The van der Waals surface area contributed by atoms with Crippen LogP contribution in [0.3, 0.4) is 0 Å². The van der Waals surface area contributed by atoms with Gasteiger partial charge in [-0.3, -0.25) is 14.3 Å². The van der Waals surface area contributed by atoms with E-state index in [1.165, 1.54) is 40.8 Å². The van der Waals surface area contributed by atoms with Gasteiger partial charge < -0.3 is 20.9 Å². The summed E-state index contributed by atoms with van der Waals surface area (Å²) >= 11 is 0. The molecular weight excluding hydrogens is 626 g/mol. The molecule has 2 aromatic heterocycles. The van der Waals surface area contributed by atoms with E-state index >= 15 is 0 Å². The fourth-order valence-electron chi connectivity index (χ4n) is 5.45. The molecule has 6 rings (SSSR count). The lowest BCUT2D eigenvalue weighted by Gasteiger charge is -2.27. The summed E-state index contributed by atoms with van der Waals surface area (Å²) in [4.78, 5) is 27.2. The highest BCUT2D eigenvalue weighted by Gasteiger charge is 2.22. The summed E-state index contributed by atoms with van der Waals surface area (Å²) in [7, 11) is -4.20. The lowest BCUT2D eigenvalue weighted by molar-refractivity contribution is 0.1000. The van der Waals surface area contributed by atoms with Gasteiger partial charge in [-0.1, -0.05) is 25.3 Å². The molecule has 1 amide bonds. The average Bonchev–Trinajstić information content (AvgIpc) is 3.41. The van der Waals surface area contributed by atoms with Gasteiger partial charge in [0.2, 0.25) is 5.91 Å². The van der Waals surface area contributed by atoms with Gasteiger partial charge in [0.25, 0.3) is 10.1 Å². The summed E-state index contributed by atoms with van der Waals surface area (Å²) in [6.45, 7) is 1.55. The average molecular weight is 666 g/mol. The van der Waals surface area contributed by atoms with Gasteiger partial charge in [-0.2, -0.15) is 17.8 Å². The first-order chi connectivity index (χ1) is 22.6. The van der Waals surface area contributed by atoms with Crippen LogP contribution in [0.2, 0.25) is 0 Å². The molecule has 1 aliphatic heterocycles. The van der Waals surface area contributed by atoms with Crippen LogP contribution in [0.4, 0.5) is 0 Å². The van der Waals surface area contributed by atoms with Gasteiger partial charge in [-0.25, -0.2) is 4.79 Å². The Hall–Kier alpha value is -4.44. The van der Waals surface area contributed by atoms with Crippen molar-refractivity contribution in [2.45, 2.75) is 68.6 Å². The van der Waals surface area contributed by atoms with Crippen molar-refractivity contribution in [1.29, 1.82) is 0 Å². The highest BCUT2D eigenvalue weighted by Crippen LogP contribution is 2.31. The van der Waals surface area contributed by atoms with E-state index in [1.54, 1.807) is 48.8 Å². The molecule has 1 aliphatic carbocycles. The number of pyridine rings is 1. The molecule has 4 aromatic rings. The predicted molar refractivity (Wildman–Crippen MR) is 172 cm³/mol. The molecular formula is C32H39N7O7S. The zero-order valence-corrected chi connectivity index (χ0v) is 26.6. The number of amides is 1. The number of tetrazole rings is 1. The van der Waals surface area contributed by atoms with Crippen molar-refractivity contribution in [2.75, 3.05) is 13.1 Å². The van der Waals surface area contributed by atoms with E-state index in [0.29, 0.717) is 43.1 Å². The quantitative estimate of drug-likeness (QED) is 0.162. The van der Waals surface area contributed by atoms with Gasteiger partial charge >= 0.3 is 5.69 Å². The van der Waals surface area contributed by atoms with Gasteiger partial charge in [0.15, 0.2) is 0 Å². The second kappa shape index (κ2) is 15.4. The first-order valence-corrected chi connectivity index (χ1v) is 17.0. The summed E-state index contributed by atoms with van der Waals surface area (Å²) in [5.41, 5.74) is 7.41. The number of aryl methyl sites for hydroxylation is 2. The Labute approximate surface area is 272 Å². The maximum absolute atomic E-state index is 12.3. The third kappa shape index (κ3) is 9.10. The summed E-state index contributed by atoms with van der Waals surface area (Å²) in [5, 5.41) is 21.1. The maximum Gasteiger partial charge on any atom is 0.368 e. The van der Waals surface area contributed by atoms with Crippen molar-refractivity contribution in [3.8, 4) is 11.4 Å². The molecule has 47 heavy (non-hydrogen) atoms. The van der Waals surface area contributed by atoms with Crippen LogP contribution in [-0.2, 0) is 23.1 Å². The molecule has 0 spiro atoms. The number of carbonyl (C=O) groups is 1. The Morgan fingerprint density at radius 2 is 1.89 bits per heavy atom. The van der Waals surface area contributed by atoms with Gasteiger partial charge in [0, 0.05) is 43.2 Å². The van der Waals surface area contributed by atoms with E-state index in [-0.39, 0.29) is 16.7 Å². The third-order valence-electron chi connectivity index (χ3n) is 8.38. The highest BCUT2D eigenvalue weighted by molar-refractivity contribution is 7.85. The van der Waals surface area contributed by atoms with Crippen LogP contribution in [0.1, 0.15) is 66.1 Å². The fraction of sp³-hybridized carbons (Fsp3) is 0.406. The topological polar surface area (TPSA) is 205 Å². The molecule has 2 unspecified atom stereocenters. The molecule has 2 aliphatic rings. The summed E-state index contributed by atoms with van der Waals surface area (Å²) in [6.07, 6.45) is 10.0. The standard InChI is InChI=1S/C17H20N2O5S.C15H19N5O2/c20-16(13-2-1-7-18-9-13)11-19-10-14-4-3-12-8-15(25(21,22)23)5-6-17(12)24-14;16-14(21)12-6-8-13(9-7-12)20-15(22)19(17-18-20)10-2-5-11-3-1-4-11/h1-2,5-9,14,16,19-20H,3-4,10-11H2,(H,21,22,23);6-9,11H,1-5,10H2,(H2,16,21). The van der Waals surface area contributed by atoms with Crippen molar-refractivity contribution in [3.05, 3.63) is 94.2 Å². The van der Waals surface area contributed by atoms with E-state index in [9.17, 15) is 23.1 Å². The lowest BCUT2D eigenvalue weighted by atomic mass is 9.82. The normalized spacial score (nSPS) is 16.6. The second-order valence-electron chi connectivity index (χ2n) is 11.7. The molecule has 2 atom stereocenters. The minimum Gasteiger partial charge on any atom is -0.489 e. The van der Waals surface area contributed by atoms with Gasteiger partial charge in [0.1, 0.15) is 11.9 Å². The monoisotopic (exact) mass is 665 g/mol. The smallest absolute Gasteiger partial charge is 0.368 e. The number of carbonyl (C=O) groups excluding carboxylic acids is 1. The van der Waals surface area contributed by atoms with E-state index in [0.717, 1.165) is 36.3 Å². The molecule has 5 N–H and O–H groups in total. The molecule has 15 heteroatoms. The summed E-state index contributed by atoms with van der Waals surface area (Å²) < 4.78 is 39.9. The lowest BCUT2D eigenvalue weighted by Crippen LogP contribution is -2.36. The molecule has 1 fully saturated rings. The number of hydrogen-bond acceptors (Lipinski definition) is 10. The minimum atomic E-state index is -4.20. The third-order valence-corrected chi connectivity index (χ3v) is 9.23. The van der Waals surface area contributed by atoms with E-state index < -0.39 is 22.1 Å². The largest absolute Gasteiger partial charge is 0.489 e. The Bertz CT molecular complexity index is 1810. The fourth-order valence-corrected chi connectivity index (χ4v) is 5.98. The first kappa shape index (κ1) is 33.9. The van der Waals surface area contributed by atoms with Crippen molar-refractivity contribution in [1.82, 2.24) is 30.1 Å². The second-order valence-corrected chi connectivity index (χ2v) is 13.2. The number of benzene rings is 2. The number of ether oxygens (including phenoxy) is 1. The molecule has 0 bridgehead atoms. The van der Waals surface area contributed by atoms with Crippen LogP contribution < -0.4 is 21.5 Å². The number of aliphatic hydroxyl groups is 1. The van der Waals surface area contributed by atoms with Crippen molar-refractivity contribution < 1.29 is 27.6 Å². The van der Waals surface area contributed by atoms with E-state index in [2.05, 4.69) is 20.7 Å². The summed E-state index contributed by atoms with van der Waals surface area (Å²) in [6, 6.07) is 14.3. The van der Waals surface area contributed by atoms with Crippen LogP contribution in [-0.4, -0.2) is 68.0 Å². The Morgan fingerprint density at radius 1 is 1.11 bits per heavy atom. The number of nitrogens with zero attached hydrogens (tertiary/aromatic N) is 5. The Kier molecular flexibility index (Phi) is 11.1. The number of fused-ring (bicyclic) bond motifs is 1.